The van der Waals surface area contributed by atoms with Gasteiger partial charge in [-0.1, -0.05) is 45.9 Å². The summed E-state index contributed by atoms with van der Waals surface area (Å²) in [6, 6.07) is 8.48. The van der Waals surface area contributed by atoms with Gasteiger partial charge in [0, 0.05) is 49.0 Å². The van der Waals surface area contributed by atoms with Crippen LogP contribution in [0.5, 0.6) is 0 Å². The van der Waals surface area contributed by atoms with Crippen LogP contribution in [0.1, 0.15) is 76.4 Å². The standard InChI is InChI=1S/C33H44N6O6/c1-6-14-39(44-7-2)31(41)24-16-22-11-10-21(17-26(22)37-29(34)18-24)23-12-13-25(35-19-23)32(42)38-15-8-9-27(38)30(40)36-20-28(45-43)33(3,4)5/h10-13,16-17,19,27-28,43H,6-9,14-15,18,20H2,1-5H3,(H2,34,37)(H,36,40)/t27-,28?/m1/s1. The summed E-state index contributed by atoms with van der Waals surface area (Å²) in [7, 11) is 0. The number of pyridine rings is 1. The highest BCUT2D eigenvalue weighted by atomic mass is 17.1. The van der Waals surface area contributed by atoms with Gasteiger partial charge in [0.15, 0.2) is 0 Å². The number of fused-ring (bicyclic) bond motifs is 1. The molecule has 1 unspecified atom stereocenters. The summed E-state index contributed by atoms with van der Waals surface area (Å²) >= 11 is 0. The molecule has 2 aromatic rings. The van der Waals surface area contributed by atoms with Crippen LogP contribution in [-0.4, -0.2) is 82.1 Å². The molecule has 1 aromatic carbocycles. The molecule has 3 amide bonds. The lowest BCUT2D eigenvalue weighted by molar-refractivity contribution is -0.297. The van der Waals surface area contributed by atoms with E-state index in [4.69, 9.17) is 10.6 Å². The van der Waals surface area contributed by atoms with E-state index in [-0.39, 0.29) is 41.8 Å². The Bertz CT molecular complexity index is 1440. The van der Waals surface area contributed by atoms with E-state index in [1.54, 1.807) is 29.3 Å². The Kier molecular flexibility index (Phi) is 11.1. The number of hydroxylamine groups is 2. The van der Waals surface area contributed by atoms with Gasteiger partial charge < -0.3 is 16.0 Å². The molecule has 45 heavy (non-hydrogen) atoms. The number of benzene rings is 1. The van der Waals surface area contributed by atoms with Gasteiger partial charge in [-0.15, -0.1) is 0 Å². The fraction of sp³-hybridized carbons (Fsp3) is 0.485. The summed E-state index contributed by atoms with van der Waals surface area (Å²) < 4.78 is 0. The first-order valence-electron chi connectivity index (χ1n) is 15.4. The summed E-state index contributed by atoms with van der Waals surface area (Å²) in [5.41, 5.74) is 9.54. The molecule has 0 bridgehead atoms. The number of rotatable bonds is 11. The minimum atomic E-state index is -0.626. The number of amidine groups is 1. The van der Waals surface area contributed by atoms with Crippen LogP contribution in [-0.2, 0) is 19.3 Å². The fourth-order valence-corrected chi connectivity index (χ4v) is 5.38. The molecule has 0 aliphatic carbocycles. The van der Waals surface area contributed by atoms with Crippen molar-refractivity contribution in [1.82, 2.24) is 20.3 Å². The number of hydrogen-bond acceptors (Lipinski definition) is 9. The third kappa shape index (κ3) is 8.13. The molecule has 242 valence electrons. The van der Waals surface area contributed by atoms with Crippen LogP contribution in [0, 0.1) is 5.41 Å². The summed E-state index contributed by atoms with van der Waals surface area (Å²) in [4.78, 5) is 60.2. The maximum Gasteiger partial charge on any atom is 0.273 e. The van der Waals surface area contributed by atoms with Crippen LogP contribution in [0.2, 0.25) is 0 Å². The number of aliphatic imine (C=N–C) groups is 1. The summed E-state index contributed by atoms with van der Waals surface area (Å²) in [6.07, 6.45) is 5.03. The maximum absolute atomic E-state index is 13.4. The predicted octanol–water partition coefficient (Wildman–Crippen LogP) is 4.34. The lowest BCUT2D eigenvalue weighted by Crippen LogP contribution is -2.49. The lowest BCUT2D eigenvalue weighted by Gasteiger charge is -2.29. The number of nitrogens with two attached hydrogens (primary N) is 1. The van der Waals surface area contributed by atoms with E-state index in [1.807, 2.05) is 52.8 Å². The molecule has 3 heterocycles. The third-order valence-corrected chi connectivity index (χ3v) is 7.90. The Hall–Kier alpha value is -4.13. The van der Waals surface area contributed by atoms with Crippen molar-refractivity contribution >= 4 is 35.3 Å². The average molecular weight is 621 g/mol. The zero-order valence-corrected chi connectivity index (χ0v) is 26.7. The molecule has 0 spiro atoms. The van der Waals surface area contributed by atoms with Gasteiger partial charge in [0.25, 0.3) is 11.8 Å². The molecule has 1 saturated heterocycles. The first-order chi connectivity index (χ1) is 21.5. The van der Waals surface area contributed by atoms with Crippen LogP contribution in [0.25, 0.3) is 17.2 Å². The molecule has 4 N–H and O–H groups in total. The average Bonchev–Trinajstić information content (AvgIpc) is 3.44. The van der Waals surface area contributed by atoms with Crippen molar-refractivity contribution in [3.05, 3.63) is 53.4 Å². The van der Waals surface area contributed by atoms with Crippen LogP contribution < -0.4 is 11.1 Å². The predicted molar refractivity (Wildman–Crippen MR) is 171 cm³/mol. The van der Waals surface area contributed by atoms with Crippen molar-refractivity contribution < 1.29 is 29.4 Å². The highest BCUT2D eigenvalue weighted by Gasteiger charge is 2.36. The highest BCUT2D eigenvalue weighted by Crippen LogP contribution is 2.32. The molecular formula is C33H44N6O6. The van der Waals surface area contributed by atoms with Crippen LogP contribution in [0.15, 0.2) is 47.1 Å². The second kappa shape index (κ2) is 14.8. The van der Waals surface area contributed by atoms with Crippen molar-refractivity contribution in [2.45, 2.75) is 72.4 Å². The van der Waals surface area contributed by atoms with Crippen molar-refractivity contribution in [2.75, 3.05) is 26.2 Å². The molecule has 1 aromatic heterocycles. The summed E-state index contributed by atoms with van der Waals surface area (Å²) in [5.74, 6) is -0.525. The molecule has 2 aliphatic rings. The SMILES string of the molecule is CCCN(OCC)C(=O)C1=Cc2ccc(-c3ccc(C(=O)N4CCC[C@@H]4C(=O)NCC(OO)C(C)(C)C)nc3)cc2N=C(N)C1. The number of carbonyl (C=O) groups is 3. The summed E-state index contributed by atoms with van der Waals surface area (Å²) in [6.45, 7) is 10.9. The monoisotopic (exact) mass is 620 g/mol. The molecule has 12 nitrogen and oxygen atoms in total. The third-order valence-electron chi connectivity index (χ3n) is 7.90. The fourth-order valence-electron chi connectivity index (χ4n) is 5.38. The van der Waals surface area contributed by atoms with Gasteiger partial charge >= 0.3 is 0 Å². The molecule has 4 rings (SSSR count). The molecule has 0 saturated carbocycles. The van der Waals surface area contributed by atoms with Crippen LogP contribution in [0.3, 0.4) is 0 Å². The van der Waals surface area contributed by atoms with Crippen LogP contribution >= 0.6 is 0 Å². The minimum absolute atomic E-state index is 0.124. The molecule has 2 aliphatic heterocycles. The van der Waals surface area contributed by atoms with Gasteiger partial charge in [0.1, 0.15) is 23.7 Å². The van der Waals surface area contributed by atoms with E-state index in [2.05, 4.69) is 20.2 Å². The first kappa shape index (κ1) is 33.8. The lowest BCUT2D eigenvalue weighted by atomic mass is 9.89. The van der Waals surface area contributed by atoms with Gasteiger partial charge in [-0.3, -0.25) is 29.5 Å². The second-order valence-corrected chi connectivity index (χ2v) is 12.3. The number of amides is 3. The topological polar surface area (TPSA) is 160 Å². The van der Waals surface area contributed by atoms with Gasteiger partial charge in [-0.2, -0.15) is 0 Å². The number of carbonyl (C=O) groups excluding carboxylic acids is 3. The molecule has 12 heteroatoms. The minimum Gasteiger partial charge on any atom is -0.387 e. The Balaban J connectivity index is 1.48. The quantitative estimate of drug-likeness (QED) is 0.247. The summed E-state index contributed by atoms with van der Waals surface area (Å²) in [5, 5.41) is 13.4. The smallest absolute Gasteiger partial charge is 0.273 e. The number of nitrogens with one attached hydrogen (secondary N) is 1. The van der Waals surface area contributed by atoms with Crippen LogP contribution in [0.4, 0.5) is 5.69 Å². The van der Waals surface area contributed by atoms with E-state index in [0.29, 0.717) is 49.6 Å². The zero-order valence-electron chi connectivity index (χ0n) is 26.7. The normalized spacial score (nSPS) is 17.1. The van der Waals surface area contributed by atoms with Crippen molar-refractivity contribution in [3.63, 3.8) is 0 Å². The molecule has 2 atom stereocenters. The first-order valence-corrected chi connectivity index (χ1v) is 15.4. The van der Waals surface area contributed by atoms with Gasteiger partial charge in [0.2, 0.25) is 5.91 Å². The Labute approximate surface area is 264 Å². The maximum atomic E-state index is 13.4. The van der Waals surface area contributed by atoms with E-state index in [1.165, 1.54) is 5.06 Å². The molecular weight excluding hydrogens is 576 g/mol. The second-order valence-electron chi connectivity index (χ2n) is 12.3. The van der Waals surface area contributed by atoms with Crippen molar-refractivity contribution in [3.8, 4) is 11.1 Å². The number of hydrogen-bond donors (Lipinski definition) is 3. The molecule has 1 fully saturated rings. The van der Waals surface area contributed by atoms with E-state index in [0.717, 1.165) is 23.1 Å². The van der Waals surface area contributed by atoms with Gasteiger partial charge in [-0.25, -0.2) is 14.9 Å². The van der Waals surface area contributed by atoms with E-state index >= 15 is 0 Å². The van der Waals surface area contributed by atoms with Gasteiger partial charge in [-0.05, 0) is 55.4 Å². The number of aromatic nitrogens is 1. The highest BCUT2D eigenvalue weighted by molar-refractivity contribution is 6.05. The zero-order chi connectivity index (χ0) is 32.7. The van der Waals surface area contributed by atoms with E-state index in [9.17, 15) is 19.6 Å². The van der Waals surface area contributed by atoms with Gasteiger partial charge in [0.05, 0.1) is 12.3 Å². The van der Waals surface area contributed by atoms with Crippen molar-refractivity contribution in [2.24, 2.45) is 16.1 Å². The van der Waals surface area contributed by atoms with E-state index < -0.39 is 12.1 Å². The number of nitrogens with zero attached hydrogens (tertiary/aromatic N) is 4. The molecule has 0 radical (unpaired) electrons. The van der Waals surface area contributed by atoms with Crippen molar-refractivity contribution in [1.29, 1.82) is 0 Å². The Morgan fingerprint density at radius 2 is 1.93 bits per heavy atom. The Morgan fingerprint density at radius 3 is 2.58 bits per heavy atom. The largest absolute Gasteiger partial charge is 0.387 e. The Morgan fingerprint density at radius 1 is 1.18 bits per heavy atom. The number of likely N-dealkylation sites (tertiary alicyclic amines) is 1.